The van der Waals surface area contributed by atoms with Crippen molar-refractivity contribution in [1.29, 1.82) is 5.41 Å². The van der Waals surface area contributed by atoms with Gasteiger partial charge in [-0.05, 0) is 158 Å². The first-order valence-corrected chi connectivity index (χ1v) is 24.6. The summed E-state index contributed by atoms with van der Waals surface area (Å²) in [4.78, 5) is 23.3. The average molecular weight is 957 g/mol. The smallest absolute Gasteiger partial charge is 0.159 e. The molecule has 1 N–H and O–H groups in total. The molecule has 14 aromatic rings. The van der Waals surface area contributed by atoms with Crippen LogP contribution in [0.4, 0.5) is 0 Å². The Balaban J connectivity index is 0.000000456. The van der Waals surface area contributed by atoms with E-state index in [0.29, 0.717) is 0 Å². The zero-order valence-electron chi connectivity index (χ0n) is 41.0. The number of rotatable bonds is 6. The molecule has 0 aliphatic rings. The summed E-state index contributed by atoms with van der Waals surface area (Å²) in [5.74, 6) is 0. The molecule has 0 spiro atoms. The number of benzene rings is 6. The molecule has 8 aromatic heterocycles. The van der Waals surface area contributed by atoms with Crippen LogP contribution in [0.1, 0.15) is 18.2 Å². The minimum absolute atomic E-state index is 0.817. The Morgan fingerprint density at radius 3 is 1.50 bits per heavy atom. The number of nitrogens with zero attached hydrogens (tertiary/aromatic N) is 7. The highest BCUT2D eigenvalue weighted by atomic mass is 16.3. The maximum atomic E-state index is 6.85. The molecule has 14 rings (SSSR count). The lowest BCUT2D eigenvalue weighted by atomic mass is 9.96. The first kappa shape index (κ1) is 45.3. The number of pyridine rings is 5. The van der Waals surface area contributed by atoms with E-state index in [2.05, 4.69) is 183 Å². The second-order valence-electron chi connectivity index (χ2n) is 18.0. The van der Waals surface area contributed by atoms with Crippen LogP contribution >= 0.6 is 0 Å². The Morgan fingerprint density at radius 2 is 0.946 bits per heavy atom. The van der Waals surface area contributed by atoms with Crippen LogP contribution in [0.15, 0.2) is 230 Å². The predicted molar refractivity (Wildman–Crippen MR) is 303 cm³/mol. The van der Waals surface area contributed by atoms with Crippen molar-refractivity contribution in [1.82, 2.24) is 34.1 Å². The summed E-state index contributed by atoms with van der Waals surface area (Å²) >= 11 is 0. The third-order valence-electron chi connectivity index (χ3n) is 13.6. The van der Waals surface area contributed by atoms with E-state index < -0.39 is 0 Å². The van der Waals surface area contributed by atoms with Crippen LogP contribution in [0.3, 0.4) is 0 Å². The zero-order chi connectivity index (χ0) is 50.1. The SMILES string of the molecule is CC=N.Cc1cccnc1C.c1ccc(-c2ccccc2-c2ccc3c(c2)c2ncccc2n3-c2ccc3oc4c(-n5c6ccc(-c7ccccc7-c7ccccn7)cc6c6ncccc65)cccc4c3c2)nc1. The highest BCUT2D eigenvalue weighted by molar-refractivity contribution is 6.14. The number of nitrogens with one attached hydrogen (secondary N) is 1. The molecule has 8 heterocycles. The van der Waals surface area contributed by atoms with Gasteiger partial charge in [0.1, 0.15) is 5.58 Å². The highest BCUT2D eigenvalue weighted by Crippen LogP contribution is 2.42. The summed E-state index contributed by atoms with van der Waals surface area (Å²) < 4.78 is 11.5. The van der Waals surface area contributed by atoms with Crippen LogP contribution in [0.25, 0.3) is 122 Å². The minimum Gasteiger partial charge on any atom is -0.454 e. The lowest BCUT2D eigenvalue weighted by Crippen LogP contribution is -1.94. The summed E-state index contributed by atoms with van der Waals surface area (Å²) in [6.07, 6.45) is 10.5. The number of fused-ring (bicyclic) bond motifs is 9. The third kappa shape index (κ3) is 8.02. The molecule has 74 heavy (non-hydrogen) atoms. The van der Waals surface area contributed by atoms with Gasteiger partial charge in [0.15, 0.2) is 5.58 Å². The van der Waals surface area contributed by atoms with Crippen LogP contribution in [0.5, 0.6) is 0 Å². The Labute approximate surface area is 427 Å². The van der Waals surface area contributed by atoms with Crippen molar-refractivity contribution in [3.63, 3.8) is 0 Å². The molecule has 0 amide bonds. The second kappa shape index (κ2) is 19.4. The first-order chi connectivity index (χ1) is 36.5. The van der Waals surface area contributed by atoms with Gasteiger partial charge < -0.3 is 19.0 Å². The lowest BCUT2D eigenvalue weighted by Gasteiger charge is -2.11. The van der Waals surface area contributed by atoms with Gasteiger partial charge in [-0.15, -0.1) is 0 Å². The number of aryl methyl sites for hydroxylation is 2. The molecule has 0 aliphatic carbocycles. The van der Waals surface area contributed by atoms with Gasteiger partial charge in [0, 0.05) is 75.0 Å². The first-order valence-electron chi connectivity index (χ1n) is 24.6. The minimum atomic E-state index is 0.817. The van der Waals surface area contributed by atoms with E-state index in [0.717, 1.165) is 128 Å². The summed E-state index contributed by atoms with van der Waals surface area (Å²) in [6, 6.07) is 67.6. The fourth-order valence-electron chi connectivity index (χ4n) is 10.2. The van der Waals surface area contributed by atoms with E-state index in [1.807, 2.05) is 80.4 Å². The Kier molecular flexibility index (Phi) is 11.9. The van der Waals surface area contributed by atoms with Crippen LogP contribution in [0.2, 0.25) is 0 Å². The Morgan fingerprint density at radius 1 is 0.419 bits per heavy atom. The molecule has 0 saturated carbocycles. The van der Waals surface area contributed by atoms with Crippen molar-refractivity contribution in [2.75, 3.05) is 0 Å². The average Bonchev–Trinajstić information content (AvgIpc) is 4.12. The van der Waals surface area contributed by atoms with Gasteiger partial charge in [0.2, 0.25) is 0 Å². The number of aromatic nitrogens is 7. The van der Waals surface area contributed by atoms with Gasteiger partial charge in [0.05, 0.1) is 50.2 Å². The molecular formula is C65H48N8O. The highest BCUT2D eigenvalue weighted by Gasteiger charge is 2.21. The number of hydrogen-bond donors (Lipinski definition) is 1. The van der Waals surface area contributed by atoms with Crippen molar-refractivity contribution < 1.29 is 4.42 Å². The molecule has 0 saturated heterocycles. The monoisotopic (exact) mass is 956 g/mol. The van der Waals surface area contributed by atoms with E-state index in [1.54, 1.807) is 6.92 Å². The number of para-hydroxylation sites is 1. The number of furan rings is 1. The predicted octanol–water partition coefficient (Wildman–Crippen LogP) is 16.4. The second-order valence-corrected chi connectivity index (χ2v) is 18.0. The van der Waals surface area contributed by atoms with Gasteiger partial charge in [-0.2, -0.15) is 0 Å². The molecule has 0 bridgehead atoms. The molecule has 0 unspecified atom stereocenters. The normalized spacial score (nSPS) is 11.2. The van der Waals surface area contributed by atoms with Gasteiger partial charge in [-0.25, -0.2) is 0 Å². The standard InChI is InChI=1S/C56H34N6O.C7H9N.C2H5N/c1-3-14-40(46-17-5-7-28-57-46)38(12-1)35-22-25-48-44(32-35)54-50(20-10-30-59-54)61(48)37-24-27-53-43(34-37)42-16-9-19-52(56(42)63-53)62-49-26-23-36(33-45(49)55-51(62)21-11-31-60-55)39-13-2-4-15-41(39)47-18-6-8-29-58-47;1-6-4-3-5-8-7(6)2;1-2-3/h1-34H;3-5H,1-2H3;2-3H,1H3. The maximum absolute atomic E-state index is 6.85. The van der Waals surface area contributed by atoms with Crippen LogP contribution in [0, 0.1) is 19.3 Å². The van der Waals surface area contributed by atoms with Crippen LogP contribution in [-0.2, 0) is 0 Å². The van der Waals surface area contributed by atoms with Gasteiger partial charge in [0.25, 0.3) is 0 Å². The van der Waals surface area contributed by atoms with E-state index in [-0.39, 0.29) is 0 Å². The molecule has 0 atom stereocenters. The largest absolute Gasteiger partial charge is 0.454 e. The van der Waals surface area contributed by atoms with E-state index in [4.69, 9.17) is 19.8 Å². The Hall–Kier alpha value is -9.86. The molecule has 6 aromatic carbocycles. The maximum Gasteiger partial charge on any atom is 0.159 e. The summed E-state index contributed by atoms with van der Waals surface area (Å²) in [7, 11) is 0. The van der Waals surface area contributed by atoms with Crippen molar-refractivity contribution >= 4 is 72.0 Å². The van der Waals surface area contributed by atoms with Crippen LogP contribution in [-0.4, -0.2) is 40.3 Å². The summed E-state index contributed by atoms with van der Waals surface area (Å²) in [6.45, 7) is 5.73. The number of hydrogen-bond acceptors (Lipinski definition) is 7. The topological polar surface area (TPSA) is 111 Å². The molecule has 0 radical (unpaired) electrons. The van der Waals surface area contributed by atoms with Crippen molar-refractivity contribution in [3.8, 4) is 56.1 Å². The molecular weight excluding hydrogens is 909 g/mol. The molecule has 0 fully saturated rings. The fourth-order valence-corrected chi connectivity index (χ4v) is 10.2. The van der Waals surface area contributed by atoms with Crippen molar-refractivity contribution in [2.45, 2.75) is 20.8 Å². The summed E-state index contributed by atoms with van der Waals surface area (Å²) in [5.41, 5.74) is 20.6. The molecule has 0 aliphatic heterocycles. The molecule has 354 valence electrons. The van der Waals surface area contributed by atoms with Gasteiger partial charge >= 0.3 is 0 Å². The third-order valence-corrected chi connectivity index (χ3v) is 13.6. The summed E-state index contributed by atoms with van der Waals surface area (Å²) in [5, 5.41) is 10.3. The van der Waals surface area contributed by atoms with E-state index >= 15 is 0 Å². The van der Waals surface area contributed by atoms with E-state index in [1.165, 1.54) is 11.8 Å². The lowest BCUT2D eigenvalue weighted by molar-refractivity contribution is 0.666. The van der Waals surface area contributed by atoms with Crippen molar-refractivity contribution in [2.24, 2.45) is 0 Å². The quantitative estimate of drug-likeness (QED) is 0.166. The Bertz CT molecular complexity index is 4360. The van der Waals surface area contributed by atoms with E-state index in [9.17, 15) is 0 Å². The van der Waals surface area contributed by atoms with Gasteiger partial charge in [-0.1, -0.05) is 91.0 Å². The molecule has 9 heteroatoms. The van der Waals surface area contributed by atoms with Crippen molar-refractivity contribution in [3.05, 3.63) is 236 Å². The van der Waals surface area contributed by atoms with Gasteiger partial charge in [-0.3, -0.25) is 24.9 Å². The zero-order valence-corrected chi connectivity index (χ0v) is 41.0. The van der Waals surface area contributed by atoms with Crippen LogP contribution < -0.4 is 0 Å². The molecule has 9 nitrogen and oxygen atoms in total. The fraction of sp³-hybridized carbons (Fsp3) is 0.0462.